The van der Waals surface area contributed by atoms with Crippen molar-refractivity contribution < 1.29 is 8.94 Å². The van der Waals surface area contributed by atoms with Gasteiger partial charge in [-0.25, -0.2) is 0 Å². The third-order valence-corrected chi connectivity index (χ3v) is 4.64. The van der Waals surface area contributed by atoms with Gasteiger partial charge >= 0.3 is 0 Å². The first-order chi connectivity index (χ1) is 11.3. The molecule has 4 rings (SSSR count). The van der Waals surface area contributed by atoms with Crippen molar-refractivity contribution in [1.29, 1.82) is 0 Å². The van der Waals surface area contributed by atoms with Crippen LogP contribution < -0.4 is 5.32 Å². The van der Waals surface area contributed by atoms with Crippen molar-refractivity contribution in [3.8, 4) is 0 Å². The second-order valence-corrected chi connectivity index (χ2v) is 6.79. The van der Waals surface area contributed by atoms with E-state index in [2.05, 4.69) is 20.4 Å². The van der Waals surface area contributed by atoms with Gasteiger partial charge in [-0.15, -0.1) is 0 Å². The Morgan fingerprint density at radius 1 is 1.30 bits per heavy atom. The van der Waals surface area contributed by atoms with Gasteiger partial charge in [-0.2, -0.15) is 4.98 Å². The molecule has 0 bridgehead atoms. The summed E-state index contributed by atoms with van der Waals surface area (Å²) in [5.41, 5.74) is 0. The molecule has 6 heteroatoms. The summed E-state index contributed by atoms with van der Waals surface area (Å²) in [5, 5.41) is 7.73. The Labute approximate surface area is 136 Å². The average molecular weight is 316 g/mol. The molecule has 0 amide bonds. The van der Waals surface area contributed by atoms with E-state index in [1.807, 2.05) is 19.1 Å². The molecule has 1 aliphatic carbocycles. The Balaban J connectivity index is 1.27. The summed E-state index contributed by atoms with van der Waals surface area (Å²) in [6.45, 7) is 5.68. The van der Waals surface area contributed by atoms with E-state index in [9.17, 15) is 0 Å². The van der Waals surface area contributed by atoms with Crippen molar-refractivity contribution >= 4 is 0 Å². The van der Waals surface area contributed by atoms with Gasteiger partial charge in [0.25, 0.3) is 0 Å². The van der Waals surface area contributed by atoms with Crippen molar-refractivity contribution in [2.24, 2.45) is 0 Å². The zero-order valence-electron chi connectivity index (χ0n) is 13.6. The molecule has 2 aromatic heterocycles. The second-order valence-electron chi connectivity index (χ2n) is 6.79. The van der Waals surface area contributed by atoms with Crippen LogP contribution in [0.25, 0.3) is 0 Å². The maximum atomic E-state index is 5.62. The Hall–Kier alpha value is -1.66. The fraction of sp³-hybridized carbons (Fsp3) is 0.647. The summed E-state index contributed by atoms with van der Waals surface area (Å²) in [4.78, 5) is 6.95. The number of aromatic nitrogens is 2. The van der Waals surface area contributed by atoms with Crippen LogP contribution in [0.1, 0.15) is 54.8 Å². The topological polar surface area (TPSA) is 67.3 Å². The largest absolute Gasteiger partial charge is 0.465 e. The molecular formula is C17H24N4O2. The number of rotatable bonds is 6. The average Bonchev–Trinajstić information content (AvgIpc) is 3.16. The van der Waals surface area contributed by atoms with Gasteiger partial charge in [-0.05, 0) is 51.3 Å². The molecule has 2 aliphatic rings. The minimum Gasteiger partial charge on any atom is -0.465 e. The van der Waals surface area contributed by atoms with E-state index in [4.69, 9.17) is 8.94 Å². The number of hydrogen-bond donors (Lipinski definition) is 1. The van der Waals surface area contributed by atoms with E-state index in [1.165, 1.54) is 25.7 Å². The van der Waals surface area contributed by atoms with Crippen molar-refractivity contribution in [3.63, 3.8) is 0 Å². The Morgan fingerprint density at radius 2 is 2.22 bits per heavy atom. The van der Waals surface area contributed by atoms with Crippen LogP contribution in [0.4, 0.5) is 0 Å². The molecule has 23 heavy (non-hydrogen) atoms. The molecule has 1 aliphatic heterocycles. The van der Waals surface area contributed by atoms with E-state index < -0.39 is 0 Å². The molecule has 124 valence electrons. The molecule has 2 fully saturated rings. The fourth-order valence-electron chi connectivity index (χ4n) is 3.22. The molecule has 0 aromatic carbocycles. The van der Waals surface area contributed by atoms with Crippen LogP contribution >= 0.6 is 0 Å². The lowest BCUT2D eigenvalue weighted by molar-refractivity contribution is 0.175. The van der Waals surface area contributed by atoms with Crippen molar-refractivity contribution in [3.05, 3.63) is 35.4 Å². The van der Waals surface area contributed by atoms with Crippen LogP contribution in [0, 0.1) is 6.92 Å². The SMILES string of the molecule is Cc1ccc(CN[C@H]2CCCN(Cc3noc(C4CC4)n3)C2)o1. The van der Waals surface area contributed by atoms with E-state index in [-0.39, 0.29) is 0 Å². The van der Waals surface area contributed by atoms with Crippen LogP contribution in [0.3, 0.4) is 0 Å². The highest BCUT2D eigenvalue weighted by molar-refractivity contribution is 5.05. The van der Waals surface area contributed by atoms with Gasteiger partial charge in [0.05, 0.1) is 13.1 Å². The van der Waals surface area contributed by atoms with E-state index >= 15 is 0 Å². The van der Waals surface area contributed by atoms with Gasteiger partial charge < -0.3 is 14.3 Å². The lowest BCUT2D eigenvalue weighted by atomic mass is 10.1. The standard InChI is InChI=1S/C17H24N4O2/c1-12-4-7-15(22-12)9-18-14-3-2-8-21(10-14)11-16-19-17(23-20-16)13-5-6-13/h4,7,13-14,18H,2-3,5-6,8-11H2,1H3/t14-/m0/s1. The van der Waals surface area contributed by atoms with Gasteiger partial charge in [0.15, 0.2) is 5.82 Å². The number of furan rings is 1. The summed E-state index contributed by atoms with van der Waals surface area (Å²) in [6, 6.07) is 4.54. The predicted octanol–water partition coefficient (Wildman–Crippen LogP) is 2.60. The first-order valence-corrected chi connectivity index (χ1v) is 8.60. The third-order valence-electron chi connectivity index (χ3n) is 4.64. The summed E-state index contributed by atoms with van der Waals surface area (Å²) in [6.07, 6.45) is 4.80. The molecule has 0 spiro atoms. The summed E-state index contributed by atoms with van der Waals surface area (Å²) >= 11 is 0. The van der Waals surface area contributed by atoms with Crippen LogP contribution in [-0.2, 0) is 13.1 Å². The summed E-state index contributed by atoms with van der Waals surface area (Å²) in [7, 11) is 0. The maximum Gasteiger partial charge on any atom is 0.229 e. The Morgan fingerprint density at radius 3 is 3.00 bits per heavy atom. The quantitative estimate of drug-likeness (QED) is 0.883. The van der Waals surface area contributed by atoms with E-state index in [1.54, 1.807) is 0 Å². The van der Waals surface area contributed by atoms with Crippen molar-refractivity contribution in [1.82, 2.24) is 20.4 Å². The first-order valence-electron chi connectivity index (χ1n) is 8.60. The normalized spacial score (nSPS) is 22.6. The summed E-state index contributed by atoms with van der Waals surface area (Å²) < 4.78 is 11.0. The highest BCUT2D eigenvalue weighted by Crippen LogP contribution is 2.38. The minimum atomic E-state index is 0.490. The number of piperidine rings is 1. The maximum absolute atomic E-state index is 5.62. The highest BCUT2D eigenvalue weighted by atomic mass is 16.5. The monoisotopic (exact) mass is 316 g/mol. The number of hydrogen-bond acceptors (Lipinski definition) is 6. The number of likely N-dealkylation sites (tertiary alicyclic amines) is 1. The zero-order valence-corrected chi connectivity index (χ0v) is 13.6. The molecule has 3 heterocycles. The lowest BCUT2D eigenvalue weighted by Crippen LogP contribution is -2.45. The Kier molecular flexibility index (Phi) is 4.18. The van der Waals surface area contributed by atoms with Crippen molar-refractivity contribution in [2.75, 3.05) is 13.1 Å². The van der Waals surface area contributed by atoms with Crippen LogP contribution in [-0.4, -0.2) is 34.2 Å². The molecule has 0 radical (unpaired) electrons. The second kappa shape index (κ2) is 6.45. The van der Waals surface area contributed by atoms with E-state index in [0.717, 1.165) is 49.4 Å². The van der Waals surface area contributed by atoms with Crippen LogP contribution in [0.2, 0.25) is 0 Å². The van der Waals surface area contributed by atoms with Gasteiger partial charge in [0.1, 0.15) is 11.5 Å². The first kappa shape index (κ1) is 14.9. The minimum absolute atomic E-state index is 0.490. The van der Waals surface area contributed by atoms with Gasteiger partial charge in [0.2, 0.25) is 5.89 Å². The molecule has 6 nitrogen and oxygen atoms in total. The smallest absolute Gasteiger partial charge is 0.229 e. The zero-order chi connectivity index (χ0) is 15.6. The molecule has 1 saturated carbocycles. The molecular weight excluding hydrogens is 292 g/mol. The third kappa shape index (κ3) is 3.82. The van der Waals surface area contributed by atoms with Crippen molar-refractivity contribution in [2.45, 2.75) is 57.7 Å². The van der Waals surface area contributed by atoms with Gasteiger partial charge in [-0.3, -0.25) is 4.90 Å². The highest BCUT2D eigenvalue weighted by Gasteiger charge is 2.30. The summed E-state index contributed by atoms with van der Waals surface area (Å²) in [5.74, 6) is 4.17. The predicted molar refractivity (Wildman–Crippen MR) is 84.9 cm³/mol. The number of nitrogens with one attached hydrogen (secondary N) is 1. The van der Waals surface area contributed by atoms with Crippen LogP contribution in [0.15, 0.2) is 21.1 Å². The molecule has 1 N–H and O–H groups in total. The van der Waals surface area contributed by atoms with Crippen LogP contribution in [0.5, 0.6) is 0 Å². The molecule has 0 unspecified atom stereocenters. The molecule has 2 aromatic rings. The van der Waals surface area contributed by atoms with Gasteiger partial charge in [0, 0.05) is 18.5 Å². The van der Waals surface area contributed by atoms with Gasteiger partial charge in [-0.1, -0.05) is 5.16 Å². The molecule has 1 saturated heterocycles. The lowest BCUT2D eigenvalue weighted by Gasteiger charge is -2.32. The number of nitrogens with zero attached hydrogens (tertiary/aromatic N) is 3. The van der Waals surface area contributed by atoms with E-state index in [0.29, 0.717) is 12.0 Å². The molecule has 1 atom stereocenters. The Bertz CT molecular complexity index is 647. The number of aryl methyl sites for hydroxylation is 1. The fourth-order valence-corrected chi connectivity index (χ4v) is 3.22.